The Kier molecular flexibility index (Phi) is 4.94. The molecular weight excluding hydrogens is 277 g/mol. The van der Waals surface area contributed by atoms with Gasteiger partial charge in [-0.2, -0.15) is 4.39 Å². The molecule has 1 aromatic carbocycles. The second-order valence-corrected chi connectivity index (χ2v) is 4.70. The van der Waals surface area contributed by atoms with Crippen LogP contribution in [0.4, 0.5) is 10.1 Å². The van der Waals surface area contributed by atoms with Gasteiger partial charge in [-0.3, -0.25) is 10.1 Å². The number of nitro groups is 1. The SMILES string of the molecule is NCCCCc1cn(Cc2ccc([N+](=O)[O-])c(F)c2)nn1. The molecule has 0 fully saturated rings. The Morgan fingerprint density at radius 2 is 2.19 bits per heavy atom. The number of nitrogens with two attached hydrogens (primary N) is 1. The maximum absolute atomic E-state index is 13.5. The lowest BCUT2D eigenvalue weighted by Gasteiger charge is -2.01. The van der Waals surface area contributed by atoms with Gasteiger partial charge in [0, 0.05) is 12.3 Å². The number of hydrogen-bond acceptors (Lipinski definition) is 5. The van der Waals surface area contributed by atoms with Crippen LogP contribution in [-0.4, -0.2) is 26.5 Å². The van der Waals surface area contributed by atoms with Gasteiger partial charge in [0.25, 0.3) is 0 Å². The second-order valence-electron chi connectivity index (χ2n) is 4.70. The van der Waals surface area contributed by atoms with Crippen molar-refractivity contribution in [3.8, 4) is 0 Å². The highest BCUT2D eigenvalue weighted by molar-refractivity contribution is 5.35. The van der Waals surface area contributed by atoms with Gasteiger partial charge in [0.15, 0.2) is 0 Å². The van der Waals surface area contributed by atoms with E-state index in [1.165, 1.54) is 6.07 Å². The summed E-state index contributed by atoms with van der Waals surface area (Å²) in [6, 6.07) is 3.81. The molecule has 0 amide bonds. The van der Waals surface area contributed by atoms with Gasteiger partial charge >= 0.3 is 5.69 Å². The summed E-state index contributed by atoms with van der Waals surface area (Å²) in [5.74, 6) is -0.846. The maximum atomic E-state index is 13.5. The van der Waals surface area contributed by atoms with E-state index in [0.29, 0.717) is 18.7 Å². The third-order valence-corrected chi connectivity index (χ3v) is 3.03. The molecule has 1 aromatic heterocycles. The van der Waals surface area contributed by atoms with Gasteiger partial charge in [0.1, 0.15) is 0 Å². The first-order valence-corrected chi connectivity index (χ1v) is 6.62. The van der Waals surface area contributed by atoms with Crippen molar-refractivity contribution in [3.05, 3.63) is 51.6 Å². The summed E-state index contributed by atoms with van der Waals surface area (Å²) >= 11 is 0. The molecule has 0 aliphatic rings. The van der Waals surface area contributed by atoms with Crippen molar-refractivity contribution in [2.45, 2.75) is 25.8 Å². The van der Waals surface area contributed by atoms with Crippen LogP contribution in [0.5, 0.6) is 0 Å². The Hall–Kier alpha value is -2.35. The van der Waals surface area contributed by atoms with E-state index in [1.807, 2.05) is 0 Å². The number of aryl methyl sites for hydroxylation is 1. The van der Waals surface area contributed by atoms with Crippen LogP contribution in [0, 0.1) is 15.9 Å². The minimum atomic E-state index is -0.846. The fraction of sp³-hybridized carbons (Fsp3) is 0.385. The van der Waals surface area contributed by atoms with E-state index in [9.17, 15) is 14.5 Å². The standard InChI is InChI=1S/C13H16FN5O2/c14-12-7-10(4-5-13(12)19(20)21)8-18-9-11(16-17-18)3-1-2-6-15/h4-5,7,9H,1-3,6,8,15H2. The number of hydrogen-bond donors (Lipinski definition) is 1. The summed E-state index contributed by atoms with van der Waals surface area (Å²) in [6.07, 6.45) is 4.46. The number of unbranched alkanes of at least 4 members (excludes halogenated alkanes) is 1. The Balaban J connectivity index is 2.01. The number of benzene rings is 1. The largest absolute Gasteiger partial charge is 0.330 e. The lowest BCUT2D eigenvalue weighted by Crippen LogP contribution is -2.02. The summed E-state index contributed by atoms with van der Waals surface area (Å²) in [6.45, 7) is 0.967. The van der Waals surface area contributed by atoms with E-state index in [-0.39, 0.29) is 0 Å². The van der Waals surface area contributed by atoms with E-state index in [1.54, 1.807) is 10.9 Å². The van der Waals surface area contributed by atoms with Crippen molar-refractivity contribution >= 4 is 5.69 Å². The molecule has 0 unspecified atom stereocenters. The molecule has 2 aromatic rings. The van der Waals surface area contributed by atoms with E-state index in [2.05, 4.69) is 10.3 Å². The molecular formula is C13H16FN5O2. The Morgan fingerprint density at radius 1 is 1.38 bits per heavy atom. The van der Waals surface area contributed by atoms with Crippen LogP contribution >= 0.6 is 0 Å². The van der Waals surface area contributed by atoms with Crippen molar-refractivity contribution < 1.29 is 9.31 Å². The molecule has 112 valence electrons. The fourth-order valence-corrected chi connectivity index (χ4v) is 1.96. The molecule has 0 atom stereocenters. The molecule has 2 rings (SSSR count). The first kappa shape index (κ1) is 15.0. The van der Waals surface area contributed by atoms with Crippen LogP contribution in [0.3, 0.4) is 0 Å². The van der Waals surface area contributed by atoms with Crippen LogP contribution < -0.4 is 5.73 Å². The Labute approximate surface area is 120 Å². The van der Waals surface area contributed by atoms with Gasteiger partial charge in [-0.15, -0.1) is 5.10 Å². The van der Waals surface area contributed by atoms with Gasteiger partial charge < -0.3 is 5.73 Å². The Bertz CT molecular complexity index is 629. The summed E-state index contributed by atoms with van der Waals surface area (Å²) < 4.78 is 15.1. The normalized spacial score (nSPS) is 10.8. The average molecular weight is 293 g/mol. The monoisotopic (exact) mass is 293 g/mol. The summed E-state index contributed by atoms with van der Waals surface area (Å²) in [5.41, 5.74) is 6.34. The number of nitrogens with zero attached hydrogens (tertiary/aromatic N) is 4. The van der Waals surface area contributed by atoms with Crippen LogP contribution in [0.25, 0.3) is 0 Å². The molecule has 0 radical (unpaired) electrons. The number of aromatic nitrogens is 3. The summed E-state index contributed by atoms with van der Waals surface area (Å²) in [7, 11) is 0. The molecule has 0 aliphatic heterocycles. The van der Waals surface area contributed by atoms with Gasteiger partial charge in [-0.25, -0.2) is 4.68 Å². The Morgan fingerprint density at radius 3 is 2.86 bits per heavy atom. The van der Waals surface area contributed by atoms with Crippen molar-refractivity contribution in [2.75, 3.05) is 6.54 Å². The van der Waals surface area contributed by atoms with Gasteiger partial charge in [-0.05, 0) is 37.4 Å². The summed E-state index contributed by atoms with van der Waals surface area (Å²) in [5, 5.41) is 18.5. The maximum Gasteiger partial charge on any atom is 0.304 e. The lowest BCUT2D eigenvalue weighted by atomic mass is 10.2. The number of halogens is 1. The van der Waals surface area contributed by atoms with Gasteiger partial charge in [0.05, 0.1) is 17.2 Å². The average Bonchev–Trinajstić information content (AvgIpc) is 2.86. The summed E-state index contributed by atoms with van der Waals surface area (Å²) in [4.78, 5) is 9.80. The molecule has 0 bridgehead atoms. The van der Waals surface area contributed by atoms with Crippen molar-refractivity contribution in [3.63, 3.8) is 0 Å². The zero-order chi connectivity index (χ0) is 15.2. The number of nitro benzene ring substituents is 1. The zero-order valence-corrected chi connectivity index (χ0v) is 11.4. The molecule has 0 aliphatic carbocycles. The molecule has 0 spiro atoms. The van der Waals surface area contributed by atoms with Crippen molar-refractivity contribution in [1.29, 1.82) is 0 Å². The smallest absolute Gasteiger partial charge is 0.304 e. The molecule has 0 saturated heterocycles. The van der Waals surface area contributed by atoms with Gasteiger partial charge in [-0.1, -0.05) is 11.3 Å². The van der Waals surface area contributed by atoms with E-state index < -0.39 is 16.4 Å². The molecule has 1 heterocycles. The molecule has 2 N–H and O–H groups in total. The first-order chi connectivity index (χ1) is 10.1. The highest BCUT2D eigenvalue weighted by atomic mass is 19.1. The lowest BCUT2D eigenvalue weighted by molar-refractivity contribution is -0.387. The van der Waals surface area contributed by atoms with E-state index in [4.69, 9.17) is 5.73 Å². The molecule has 0 saturated carbocycles. The van der Waals surface area contributed by atoms with Crippen LogP contribution in [0.15, 0.2) is 24.4 Å². The highest BCUT2D eigenvalue weighted by Crippen LogP contribution is 2.18. The van der Waals surface area contributed by atoms with Crippen LogP contribution in [0.2, 0.25) is 0 Å². The minimum Gasteiger partial charge on any atom is -0.330 e. The first-order valence-electron chi connectivity index (χ1n) is 6.62. The van der Waals surface area contributed by atoms with E-state index in [0.717, 1.165) is 37.1 Å². The predicted octanol–water partition coefficient (Wildman–Crippen LogP) is 1.66. The fourth-order valence-electron chi connectivity index (χ4n) is 1.96. The quantitative estimate of drug-likeness (QED) is 0.475. The zero-order valence-electron chi connectivity index (χ0n) is 11.4. The minimum absolute atomic E-state index is 0.318. The second kappa shape index (κ2) is 6.89. The van der Waals surface area contributed by atoms with Crippen LogP contribution in [-0.2, 0) is 13.0 Å². The predicted molar refractivity (Wildman–Crippen MR) is 74.2 cm³/mol. The molecule has 8 heteroatoms. The molecule has 7 nitrogen and oxygen atoms in total. The van der Waals surface area contributed by atoms with Gasteiger partial charge in [0.2, 0.25) is 5.82 Å². The highest BCUT2D eigenvalue weighted by Gasteiger charge is 2.14. The van der Waals surface area contributed by atoms with Crippen LogP contribution in [0.1, 0.15) is 24.1 Å². The topological polar surface area (TPSA) is 99.9 Å². The van der Waals surface area contributed by atoms with E-state index >= 15 is 0 Å². The van der Waals surface area contributed by atoms with Crippen molar-refractivity contribution in [1.82, 2.24) is 15.0 Å². The third-order valence-electron chi connectivity index (χ3n) is 3.03. The third kappa shape index (κ3) is 4.06. The number of rotatable bonds is 7. The van der Waals surface area contributed by atoms with Crippen molar-refractivity contribution in [2.24, 2.45) is 5.73 Å². The molecule has 21 heavy (non-hydrogen) atoms.